The molecule has 4 heteroatoms. The van der Waals surface area contributed by atoms with Crippen molar-refractivity contribution in [3.05, 3.63) is 29.8 Å². The van der Waals surface area contributed by atoms with Crippen molar-refractivity contribution in [2.45, 2.75) is 25.9 Å². The topological polar surface area (TPSA) is 52.6 Å². The molecule has 1 fully saturated rings. The number of carbonyl (C=O) groups is 1. The molecule has 92 valence electrons. The van der Waals surface area contributed by atoms with Crippen molar-refractivity contribution >= 4 is 11.7 Å². The van der Waals surface area contributed by atoms with E-state index < -0.39 is 6.10 Å². The first-order valence-corrected chi connectivity index (χ1v) is 6.01. The molecule has 17 heavy (non-hydrogen) atoms. The molecule has 2 rings (SSSR count). The average molecular weight is 234 g/mol. The van der Waals surface area contributed by atoms with Gasteiger partial charge in [-0.3, -0.25) is 0 Å². The lowest BCUT2D eigenvalue weighted by Crippen LogP contribution is -2.32. The second kappa shape index (κ2) is 5.19. The molecular weight excluding hydrogens is 216 g/mol. The molecule has 1 heterocycles. The summed E-state index contributed by atoms with van der Waals surface area (Å²) < 4.78 is 0. The molecule has 0 spiro atoms. The maximum Gasteiger partial charge on any atom is 0.321 e. The van der Waals surface area contributed by atoms with Gasteiger partial charge in [0.15, 0.2) is 0 Å². The van der Waals surface area contributed by atoms with Crippen molar-refractivity contribution in [2.75, 3.05) is 18.4 Å². The number of amides is 2. The molecule has 1 aliphatic heterocycles. The Kier molecular flexibility index (Phi) is 3.64. The molecular formula is C13H18N2O2. The number of anilines is 1. The molecule has 0 aliphatic carbocycles. The second-order valence-corrected chi connectivity index (χ2v) is 4.43. The third-order valence-corrected chi connectivity index (χ3v) is 3.01. The lowest BCUT2D eigenvalue weighted by molar-refractivity contribution is 0.199. The van der Waals surface area contributed by atoms with Crippen molar-refractivity contribution in [3.63, 3.8) is 0 Å². The summed E-state index contributed by atoms with van der Waals surface area (Å²) >= 11 is 0. The first-order valence-electron chi connectivity index (χ1n) is 6.01. The van der Waals surface area contributed by atoms with Gasteiger partial charge in [-0.15, -0.1) is 0 Å². The van der Waals surface area contributed by atoms with E-state index in [0.29, 0.717) is 0 Å². The Hall–Kier alpha value is -1.55. The van der Waals surface area contributed by atoms with Crippen molar-refractivity contribution in [1.82, 2.24) is 4.90 Å². The van der Waals surface area contributed by atoms with Gasteiger partial charge in [0.25, 0.3) is 0 Å². The summed E-state index contributed by atoms with van der Waals surface area (Å²) in [6, 6.07) is 7.27. The zero-order chi connectivity index (χ0) is 12.3. The summed E-state index contributed by atoms with van der Waals surface area (Å²) in [5.74, 6) is 0. The van der Waals surface area contributed by atoms with E-state index in [2.05, 4.69) is 5.32 Å². The lowest BCUT2D eigenvalue weighted by atomic mass is 10.1. The van der Waals surface area contributed by atoms with Gasteiger partial charge in [-0.1, -0.05) is 12.1 Å². The van der Waals surface area contributed by atoms with Gasteiger partial charge in [0.2, 0.25) is 0 Å². The number of nitrogens with zero attached hydrogens (tertiary/aromatic N) is 1. The fraction of sp³-hybridized carbons (Fsp3) is 0.462. The van der Waals surface area contributed by atoms with Crippen LogP contribution in [0.4, 0.5) is 10.5 Å². The van der Waals surface area contributed by atoms with Gasteiger partial charge in [0, 0.05) is 18.8 Å². The summed E-state index contributed by atoms with van der Waals surface area (Å²) in [7, 11) is 0. The summed E-state index contributed by atoms with van der Waals surface area (Å²) in [5, 5.41) is 12.3. The number of carbonyl (C=O) groups excluding carboxylic acids is 1. The summed E-state index contributed by atoms with van der Waals surface area (Å²) in [4.78, 5) is 13.7. The fourth-order valence-corrected chi connectivity index (χ4v) is 2.00. The van der Waals surface area contributed by atoms with E-state index in [1.165, 1.54) is 0 Å². The summed E-state index contributed by atoms with van der Waals surface area (Å²) in [6.07, 6.45) is 1.65. The Balaban J connectivity index is 2.02. The number of aliphatic hydroxyl groups is 1. The number of urea groups is 1. The molecule has 1 atom stereocenters. The van der Waals surface area contributed by atoms with Gasteiger partial charge in [0.05, 0.1) is 6.10 Å². The number of hydrogen-bond acceptors (Lipinski definition) is 2. The third kappa shape index (κ3) is 2.97. The number of benzene rings is 1. The van der Waals surface area contributed by atoms with Crippen LogP contribution >= 0.6 is 0 Å². The van der Waals surface area contributed by atoms with E-state index >= 15 is 0 Å². The van der Waals surface area contributed by atoms with Crippen LogP contribution in [-0.2, 0) is 0 Å². The molecule has 1 saturated heterocycles. The smallest absolute Gasteiger partial charge is 0.321 e. The van der Waals surface area contributed by atoms with Crippen LogP contribution in [0, 0.1) is 0 Å². The normalized spacial score (nSPS) is 16.9. The van der Waals surface area contributed by atoms with Gasteiger partial charge in [-0.2, -0.15) is 0 Å². The van der Waals surface area contributed by atoms with E-state index in [-0.39, 0.29) is 6.03 Å². The Bertz CT molecular complexity index is 398. The first-order chi connectivity index (χ1) is 8.16. The molecule has 4 nitrogen and oxygen atoms in total. The molecule has 1 aromatic rings. The monoisotopic (exact) mass is 234 g/mol. The highest BCUT2D eigenvalue weighted by Gasteiger charge is 2.17. The highest BCUT2D eigenvalue weighted by atomic mass is 16.3. The van der Waals surface area contributed by atoms with E-state index in [1.807, 2.05) is 23.1 Å². The molecule has 1 aliphatic rings. The fourth-order valence-electron chi connectivity index (χ4n) is 2.00. The van der Waals surface area contributed by atoms with Crippen molar-refractivity contribution < 1.29 is 9.90 Å². The van der Waals surface area contributed by atoms with Crippen molar-refractivity contribution in [3.8, 4) is 0 Å². The van der Waals surface area contributed by atoms with Gasteiger partial charge in [-0.05, 0) is 37.5 Å². The van der Waals surface area contributed by atoms with Crippen LogP contribution in [0.15, 0.2) is 24.3 Å². The van der Waals surface area contributed by atoms with E-state index in [9.17, 15) is 9.90 Å². The highest BCUT2D eigenvalue weighted by Crippen LogP contribution is 2.18. The number of rotatable bonds is 2. The van der Waals surface area contributed by atoms with Crippen LogP contribution in [0.1, 0.15) is 31.4 Å². The van der Waals surface area contributed by atoms with Gasteiger partial charge in [0.1, 0.15) is 0 Å². The third-order valence-electron chi connectivity index (χ3n) is 3.01. The van der Waals surface area contributed by atoms with Crippen LogP contribution in [0.2, 0.25) is 0 Å². The zero-order valence-electron chi connectivity index (χ0n) is 10.0. The Morgan fingerprint density at radius 2 is 2.12 bits per heavy atom. The minimum atomic E-state index is -0.515. The maximum atomic E-state index is 11.8. The standard InChI is InChI=1S/C13H18N2O2/c1-10(16)11-5-4-6-12(9-11)14-13(17)15-7-2-3-8-15/h4-6,9-10,16H,2-3,7-8H2,1H3,(H,14,17). The second-order valence-electron chi connectivity index (χ2n) is 4.43. The highest BCUT2D eigenvalue weighted by molar-refractivity contribution is 5.89. The maximum absolute atomic E-state index is 11.8. The van der Waals surface area contributed by atoms with Gasteiger partial charge >= 0.3 is 6.03 Å². The van der Waals surface area contributed by atoms with E-state index in [1.54, 1.807) is 13.0 Å². The van der Waals surface area contributed by atoms with Crippen LogP contribution in [0.25, 0.3) is 0 Å². The number of nitrogens with one attached hydrogen (secondary N) is 1. The van der Waals surface area contributed by atoms with E-state index in [0.717, 1.165) is 37.2 Å². The average Bonchev–Trinajstić information content (AvgIpc) is 2.82. The number of likely N-dealkylation sites (tertiary alicyclic amines) is 1. The predicted molar refractivity (Wildman–Crippen MR) is 66.9 cm³/mol. The van der Waals surface area contributed by atoms with Crippen LogP contribution in [0.5, 0.6) is 0 Å². The van der Waals surface area contributed by atoms with Crippen LogP contribution < -0.4 is 5.32 Å². The molecule has 1 unspecified atom stereocenters. The molecule has 2 N–H and O–H groups in total. The number of aliphatic hydroxyl groups excluding tert-OH is 1. The summed E-state index contributed by atoms with van der Waals surface area (Å²) in [5.41, 5.74) is 1.55. The molecule has 2 amide bonds. The summed E-state index contributed by atoms with van der Waals surface area (Å²) in [6.45, 7) is 3.38. The lowest BCUT2D eigenvalue weighted by Gasteiger charge is -2.16. The van der Waals surface area contributed by atoms with Crippen LogP contribution in [0.3, 0.4) is 0 Å². The SMILES string of the molecule is CC(O)c1cccc(NC(=O)N2CCCC2)c1. The van der Waals surface area contributed by atoms with Crippen LogP contribution in [-0.4, -0.2) is 29.1 Å². The number of hydrogen-bond donors (Lipinski definition) is 2. The zero-order valence-corrected chi connectivity index (χ0v) is 10.0. The Morgan fingerprint density at radius 1 is 1.41 bits per heavy atom. The minimum absolute atomic E-state index is 0.0507. The van der Waals surface area contributed by atoms with Crippen molar-refractivity contribution in [1.29, 1.82) is 0 Å². The van der Waals surface area contributed by atoms with Gasteiger partial charge in [-0.25, -0.2) is 4.79 Å². The molecule has 0 saturated carbocycles. The Morgan fingerprint density at radius 3 is 2.76 bits per heavy atom. The molecule has 1 aromatic carbocycles. The molecule has 0 bridgehead atoms. The molecule has 0 aromatic heterocycles. The first kappa shape index (κ1) is 11.9. The van der Waals surface area contributed by atoms with Gasteiger partial charge < -0.3 is 15.3 Å². The largest absolute Gasteiger partial charge is 0.389 e. The Labute approximate surface area is 101 Å². The van der Waals surface area contributed by atoms with E-state index in [4.69, 9.17) is 0 Å². The minimum Gasteiger partial charge on any atom is -0.389 e. The quantitative estimate of drug-likeness (QED) is 0.825. The predicted octanol–water partition coefficient (Wildman–Crippen LogP) is 2.37. The van der Waals surface area contributed by atoms with Crippen molar-refractivity contribution in [2.24, 2.45) is 0 Å². The molecule has 0 radical (unpaired) electrons.